The average Bonchev–Trinajstić information content (AvgIpc) is 2.66. The van der Waals surface area contributed by atoms with Crippen LogP contribution in [0.5, 0.6) is 0 Å². The minimum Gasteiger partial charge on any atom is -0.466 e. The Bertz CT molecular complexity index is 726. The Hall–Kier alpha value is -2.69. The third-order valence-electron chi connectivity index (χ3n) is 4.18. The van der Waals surface area contributed by atoms with Crippen LogP contribution in [0.3, 0.4) is 0 Å². The van der Waals surface area contributed by atoms with Gasteiger partial charge in [0.15, 0.2) is 0 Å². The number of hydrogen-bond donors (Lipinski definition) is 1. The Balaban J connectivity index is 1.92. The summed E-state index contributed by atoms with van der Waals surface area (Å²) in [4.78, 5) is 24.1. The van der Waals surface area contributed by atoms with Crippen molar-refractivity contribution in [3.63, 3.8) is 0 Å². The van der Waals surface area contributed by atoms with Gasteiger partial charge in [0.05, 0.1) is 12.5 Å². The van der Waals surface area contributed by atoms with Crippen molar-refractivity contribution in [1.29, 1.82) is 0 Å². The summed E-state index contributed by atoms with van der Waals surface area (Å²) in [5.74, 6) is -0.855. The zero-order valence-electron chi connectivity index (χ0n) is 15.1. The molecule has 0 aromatic heterocycles. The zero-order valence-corrected chi connectivity index (χ0v) is 15.1. The third-order valence-corrected chi connectivity index (χ3v) is 4.18. The van der Waals surface area contributed by atoms with Crippen LogP contribution in [0.15, 0.2) is 48.5 Å². The quantitative estimate of drug-likeness (QED) is 0.729. The van der Waals surface area contributed by atoms with Gasteiger partial charge < -0.3 is 10.1 Å². The summed E-state index contributed by atoms with van der Waals surface area (Å²) < 4.78 is 18.0. The van der Waals surface area contributed by atoms with Crippen molar-refractivity contribution in [2.24, 2.45) is 5.92 Å². The summed E-state index contributed by atoms with van der Waals surface area (Å²) in [7, 11) is 0. The maximum absolute atomic E-state index is 12.9. The number of hydrogen-bond acceptors (Lipinski definition) is 3. The van der Waals surface area contributed by atoms with Gasteiger partial charge in [0.2, 0.25) is 0 Å². The van der Waals surface area contributed by atoms with Gasteiger partial charge in [-0.25, -0.2) is 4.39 Å². The average molecular weight is 357 g/mol. The number of ether oxygens (including phenoxy) is 1. The van der Waals surface area contributed by atoms with E-state index in [-0.39, 0.29) is 23.6 Å². The lowest BCUT2D eigenvalue weighted by molar-refractivity contribution is -0.148. The molecule has 0 fully saturated rings. The van der Waals surface area contributed by atoms with Gasteiger partial charge in [-0.2, -0.15) is 0 Å². The Morgan fingerprint density at radius 1 is 1.00 bits per heavy atom. The number of amides is 1. The van der Waals surface area contributed by atoms with Crippen molar-refractivity contribution >= 4 is 11.9 Å². The van der Waals surface area contributed by atoms with Gasteiger partial charge in [-0.3, -0.25) is 9.59 Å². The maximum Gasteiger partial charge on any atom is 0.309 e. The smallest absolute Gasteiger partial charge is 0.309 e. The minimum absolute atomic E-state index is 0.173. The van der Waals surface area contributed by atoms with E-state index < -0.39 is 0 Å². The first-order valence-corrected chi connectivity index (χ1v) is 8.81. The van der Waals surface area contributed by atoms with Gasteiger partial charge in [0.25, 0.3) is 5.91 Å². The van der Waals surface area contributed by atoms with E-state index in [2.05, 4.69) is 5.32 Å². The molecule has 0 heterocycles. The Morgan fingerprint density at radius 2 is 1.62 bits per heavy atom. The first-order valence-electron chi connectivity index (χ1n) is 8.81. The summed E-state index contributed by atoms with van der Waals surface area (Å²) in [6.45, 7) is 4.47. The van der Waals surface area contributed by atoms with Gasteiger partial charge in [-0.1, -0.05) is 31.2 Å². The van der Waals surface area contributed by atoms with Crippen molar-refractivity contribution in [3.8, 4) is 0 Å². The van der Waals surface area contributed by atoms with Gasteiger partial charge in [0, 0.05) is 12.1 Å². The molecular formula is C21H24FNO3. The molecule has 2 rings (SSSR count). The fraction of sp³-hybridized carbons (Fsp3) is 0.333. The lowest BCUT2D eigenvalue weighted by Crippen LogP contribution is -2.23. The van der Waals surface area contributed by atoms with Gasteiger partial charge in [-0.15, -0.1) is 0 Å². The van der Waals surface area contributed by atoms with E-state index >= 15 is 0 Å². The van der Waals surface area contributed by atoms with E-state index in [1.807, 2.05) is 19.1 Å². The van der Waals surface area contributed by atoms with Crippen LogP contribution in [0.4, 0.5) is 4.39 Å². The monoisotopic (exact) mass is 357 g/mol. The summed E-state index contributed by atoms with van der Waals surface area (Å²) in [6, 6.07) is 13.2. The van der Waals surface area contributed by atoms with Crippen LogP contribution in [0.1, 0.15) is 41.8 Å². The summed E-state index contributed by atoms with van der Waals surface area (Å²) in [5, 5.41) is 2.81. The molecule has 138 valence electrons. The summed E-state index contributed by atoms with van der Waals surface area (Å²) in [6.07, 6.45) is 1.30. The standard InChI is InChI=1S/C21H24FNO3/c1-3-17(21(25)26-4-2)13-15-5-9-18(10-6-15)20(24)23-14-16-7-11-19(22)12-8-16/h5-12,17H,3-4,13-14H2,1-2H3,(H,23,24). The van der Waals surface area contributed by atoms with E-state index in [0.29, 0.717) is 31.6 Å². The fourth-order valence-corrected chi connectivity index (χ4v) is 2.62. The molecule has 1 amide bonds. The van der Waals surface area contributed by atoms with E-state index in [1.165, 1.54) is 12.1 Å². The topological polar surface area (TPSA) is 55.4 Å². The van der Waals surface area contributed by atoms with Gasteiger partial charge >= 0.3 is 5.97 Å². The number of carbonyl (C=O) groups excluding carboxylic acids is 2. The normalized spacial score (nSPS) is 11.7. The molecule has 5 heteroatoms. The highest BCUT2D eigenvalue weighted by molar-refractivity contribution is 5.94. The van der Waals surface area contributed by atoms with Crippen LogP contribution >= 0.6 is 0 Å². The molecule has 26 heavy (non-hydrogen) atoms. The van der Waals surface area contributed by atoms with E-state index in [0.717, 1.165) is 11.1 Å². The van der Waals surface area contributed by atoms with Crippen molar-refractivity contribution < 1.29 is 18.7 Å². The van der Waals surface area contributed by atoms with Crippen LogP contribution in [-0.2, 0) is 22.5 Å². The fourth-order valence-electron chi connectivity index (χ4n) is 2.62. The Kier molecular flexibility index (Phi) is 7.33. The van der Waals surface area contributed by atoms with Crippen LogP contribution in [0.25, 0.3) is 0 Å². The lowest BCUT2D eigenvalue weighted by atomic mass is 9.96. The molecule has 2 aromatic rings. The number of carbonyl (C=O) groups is 2. The Morgan fingerprint density at radius 3 is 2.19 bits per heavy atom. The van der Waals surface area contributed by atoms with Crippen molar-refractivity contribution in [2.45, 2.75) is 33.2 Å². The molecule has 0 aliphatic heterocycles. The predicted molar refractivity (Wildman–Crippen MR) is 98.1 cm³/mol. The molecule has 1 atom stereocenters. The highest BCUT2D eigenvalue weighted by Gasteiger charge is 2.18. The van der Waals surface area contributed by atoms with Crippen molar-refractivity contribution in [2.75, 3.05) is 6.61 Å². The minimum atomic E-state index is -0.302. The van der Waals surface area contributed by atoms with E-state index in [1.54, 1.807) is 31.2 Å². The summed E-state index contributed by atoms with van der Waals surface area (Å²) in [5.41, 5.74) is 2.36. The van der Waals surface area contributed by atoms with E-state index in [9.17, 15) is 14.0 Å². The first kappa shape index (κ1) is 19.6. The Labute approximate surface area is 153 Å². The molecule has 1 N–H and O–H groups in total. The highest BCUT2D eigenvalue weighted by Crippen LogP contribution is 2.15. The molecular weight excluding hydrogens is 333 g/mol. The predicted octanol–water partition coefficient (Wildman–Crippen LogP) is 3.89. The van der Waals surface area contributed by atoms with Gasteiger partial charge in [0.1, 0.15) is 5.82 Å². The molecule has 4 nitrogen and oxygen atoms in total. The molecule has 0 radical (unpaired) electrons. The van der Waals surface area contributed by atoms with Crippen LogP contribution in [0.2, 0.25) is 0 Å². The lowest BCUT2D eigenvalue weighted by Gasteiger charge is -2.13. The largest absolute Gasteiger partial charge is 0.466 e. The number of nitrogens with one attached hydrogen (secondary N) is 1. The second-order valence-electron chi connectivity index (χ2n) is 6.07. The highest BCUT2D eigenvalue weighted by atomic mass is 19.1. The molecule has 1 unspecified atom stereocenters. The summed E-state index contributed by atoms with van der Waals surface area (Å²) >= 11 is 0. The number of esters is 1. The molecule has 0 spiro atoms. The molecule has 0 aliphatic carbocycles. The van der Waals surface area contributed by atoms with Crippen LogP contribution in [-0.4, -0.2) is 18.5 Å². The molecule has 2 aromatic carbocycles. The van der Waals surface area contributed by atoms with Gasteiger partial charge in [-0.05, 0) is 55.2 Å². The zero-order chi connectivity index (χ0) is 18.9. The third kappa shape index (κ3) is 5.69. The first-order chi connectivity index (χ1) is 12.5. The maximum atomic E-state index is 12.9. The molecule has 0 aliphatic rings. The number of halogens is 1. The second kappa shape index (κ2) is 9.70. The SMILES string of the molecule is CCOC(=O)C(CC)Cc1ccc(C(=O)NCc2ccc(F)cc2)cc1. The molecule has 0 saturated carbocycles. The van der Waals surface area contributed by atoms with Crippen LogP contribution < -0.4 is 5.32 Å². The second-order valence-corrected chi connectivity index (χ2v) is 6.07. The number of rotatable bonds is 8. The van der Waals surface area contributed by atoms with Crippen molar-refractivity contribution in [3.05, 3.63) is 71.0 Å². The number of benzene rings is 2. The van der Waals surface area contributed by atoms with Crippen LogP contribution in [0, 0.1) is 11.7 Å². The molecule has 0 saturated heterocycles. The van der Waals surface area contributed by atoms with E-state index in [4.69, 9.17) is 4.74 Å². The van der Waals surface area contributed by atoms with Crippen molar-refractivity contribution in [1.82, 2.24) is 5.32 Å². The molecule has 0 bridgehead atoms.